The maximum atomic E-state index is 4.64. The maximum absolute atomic E-state index is 4.64. The van der Waals surface area contributed by atoms with Crippen LogP contribution in [-0.2, 0) is 5.75 Å². The highest BCUT2D eigenvalue weighted by molar-refractivity contribution is 7.99. The zero-order valence-electron chi connectivity index (χ0n) is 10.2. The van der Waals surface area contributed by atoms with Crippen LogP contribution < -0.4 is 5.32 Å². The van der Waals surface area contributed by atoms with Crippen LogP contribution in [0, 0.1) is 0 Å². The van der Waals surface area contributed by atoms with Crippen molar-refractivity contribution in [3.63, 3.8) is 0 Å². The van der Waals surface area contributed by atoms with Gasteiger partial charge in [0.15, 0.2) is 0 Å². The molecule has 1 aliphatic rings. The standard InChI is InChI=1S/C12H19N3S/c1-8(2)16-7-12-14-10(9-4-5-9)6-11(13-3)15-12/h6,8-9H,4-5,7H2,1-3H3,(H,13,14,15). The molecule has 0 spiro atoms. The van der Waals surface area contributed by atoms with Gasteiger partial charge in [0, 0.05) is 24.7 Å². The highest BCUT2D eigenvalue weighted by Gasteiger charge is 2.26. The number of nitrogens with zero attached hydrogens (tertiary/aromatic N) is 2. The van der Waals surface area contributed by atoms with Gasteiger partial charge >= 0.3 is 0 Å². The SMILES string of the molecule is CNc1cc(C2CC2)nc(CSC(C)C)n1. The minimum absolute atomic E-state index is 0.631. The molecule has 88 valence electrons. The molecule has 0 radical (unpaired) electrons. The highest BCUT2D eigenvalue weighted by Crippen LogP contribution is 2.39. The molecule has 1 saturated carbocycles. The summed E-state index contributed by atoms with van der Waals surface area (Å²) >= 11 is 1.89. The van der Waals surface area contributed by atoms with Gasteiger partial charge in [-0.05, 0) is 18.1 Å². The Morgan fingerprint density at radius 3 is 2.75 bits per heavy atom. The third-order valence-corrected chi connectivity index (χ3v) is 3.68. The van der Waals surface area contributed by atoms with Crippen LogP contribution in [0.2, 0.25) is 0 Å². The van der Waals surface area contributed by atoms with Gasteiger partial charge < -0.3 is 5.32 Å². The van der Waals surface area contributed by atoms with E-state index in [9.17, 15) is 0 Å². The number of anilines is 1. The molecule has 1 fully saturated rings. The first kappa shape index (κ1) is 11.7. The van der Waals surface area contributed by atoms with E-state index in [1.165, 1.54) is 18.5 Å². The number of thioether (sulfide) groups is 1. The monoisotopic (exact) mass is 237 g/mol. The fraction of sp³-hybridized carbons (Fsp3) is 0.667. The smallest absolute Gasteiger partial charge is 0.140 e. The summed E-state index contributed by atoms with van der Waals surface area (Å²) in [5, 5.41) is 3.75. The summed E-state index contributed by atoms with van der Waals surface area (Å²) in [4.78, 5) is 9.13. The van der Waals surface area contributed by atoms with Gasteiger partial charge in [-0.1, -0.05) is 13.8 Å². The van der Waals surface area contributed by atoms with Crippen molar-refractivity contribution >= 4 is 17.6 Å². The van der Waals surface area contributed by atoms with Gasteiger partial charge in [-0.25, -0.2) is 9.97 Å². The average molecular weight is 237 g/mol. The largest absolute Gasteiger partial charge is 0.373 e. The van der Waals surface area contributed by atoms with E-state index in [-0.39, 0.29) is 0 Å². The molecule has 1 aliphatic carbocycles. The lowest BCUT2D eigenvalue weighted by atomic mass is 10.3. The van der Waals surface area contributed by atoms with Crippen LogP contribution in [0.5, 0.6) is 0 Å². The topological polar surface area (TPSA) is 37.8 Å². The zero-order valence-corrected chi connectivity index (χ0v) is 11.0. The molecule has 1 heterocycles. The van der Waals surface area contributed by atoms with E-state index in [2.05, 4.69) is 35.2 Å². The maximum Gasteiger partial charge on any atom is 0.140 e. The van der Waals surface area contributed by atoms with Crippen molar-refractivity contribution < 1.29 is 0 Å². The fourth-order valence-electron chi connectivity index (χ4n) is 1.54. The molecule has 1 N–H and O–H groups in total. The van der Waals surface area contributed by atoms with Gasteiger partial charge in [-0.15, -0.1) is 0 Å². The van der Waals surface area contributed by atoms with Crippen molar-refractivity contribution in [3.05, 3.63) is 17.6 Å². The predicted molar refractivity (Wildman–Crippen MR) is 70.0 cm³/mol. The summed E-state index contributed by atoms with van der Waals surface area (Å²) in [5.74, 6) is 3.52. The number of hydrogen-bond donors (Lipinski definition) is 1. The van der Waals surface area contributed by atoms with Crippen LogP contribution in [0.3, 0.4) is 0 Å². The quantitative estimate of drug-likeness (QED) is 0.854. The number of aromatic nitrogens is 2. The van der Waals surface area contributed by atoms with E-state index in [0.717, 1.165) is 17.4 Å². The highest BCUT2D eigenvalue weighted by atomic mass is 32.2. The summed E-state index contributed by atoms with van der Waals surface area (Å²) in [6.45, 7) is 4.41. The van der Waals surface area contributed by atoms with Crippen molar-refractivity contribution in [2.24, 2.45) is 0 Å². The minimum Gasteiger partial charge on any atom is -0.373 e. The average Bonchev–Trinajstić information content (AvgIpc) is 3.09. The Labute approximate surface area is 101 Å². The van der Waals surface area contributed by atoms with E-state index in [4.69, 9.17) is 0 Å². The van der Waals surface area contributed by atoms with Crippen molar-refractivity contribution in [2.45, 2.75) is 43.6 Å². The van der Waals surface area contributed by atoms with Gasteiger partial charge in [0.1, 0.15) is 11.6 Å². The lowest BCUT2D eigenvalue weighted by Gasteiger charge is -2.08. The Morgan fingerprint density at radius 2 is 2.19 bits per heavy atom. The molecule has 4 heteroatoms. The van der Waals surface area contributed by atoms with Gasteiger partial charge in [0.25, 0.3) is 0 Å². The van der Waals surface area contributed by atoms with E-state index in [1.54, 1.807) is 0 Å². The van der Waals surface area contributed by atoms with Crippen LogP contribution in [0.15, 0.2) is 6.07 Å². The van der Waals surface area contributed by atoms with Crippen molar-refractivity contribution in [3.8, 4) is 0 Å². The third-order valence-electron chi connectivity index (χ3n) is 2.59. The number of rotatable bonds is 5. The molecule has 2 rings (SSSR count). The van der Waals surface area contributed by atoms with Crippen LogP contribution in [0.25, 0.3) is 0 Å². The fourth-order valence-corrected chi connectivity index (χ4v) is 2.15. The third kappa shape index (κ3) is 3.11. The summed E-state index contributed by atoms with van der Waals surface area (Å²) in [6.07, 6.45) is 2.58. The molecule has 3 nitrogen and oxygen atoms in total. The number of hydrogen-bond acceptors (Lipinski definition) is 4. The second-order valence-electron chi connectivity index (χ2n) is 4.48. The molecule has 0 aromatic carbocycles. The van der Waals surface area contributed by atoms with Crippen molar-refractivity contribution in [1.29, 1.82) is 0 Å². The van der Waals surface area contributed by atoms with E-state index < -0.39 is 0 Å². The Kier molecular flexibility index (Phi) is 3.69. The molecule has 16 heavy (non-hydrogen) atoms. The van der Waals surface area contributed by atoms with E-state index >= 15 is 0 Å². The Bertz CT molecular complexity index is 361. The van der Waals surface area contributed by atoms with Gasteiger partial charge in [0.2, 0.25) is 0 Å². The van der Waals surface area contributed by atoms with Crippen LogP contribution in [-0.4, -0.2) is 22.3 Å². The molecule has 0 aliphatic heterocycles. The first-order chi connectivity index (χ1) is 7.69. The van der Waals surface area contributed by atoms with Gasteiger partial charge in [-0.2, -0.15) is 11.8 Å². The van der Waals surface area contributed by atoms with Crippen LogP contribution >= 0.6 is 11.8 Å². The second-order valence-corrected chi connectivity index (χ2v) is 6.04. The number of nitrogens with one attached hydrogen (secondary N) is 1. The van der Waals surface area contributed by atoms with Crippen molar-refractivity contribution in [2.75, 3.05) is 12.4 Å². The van der Waals surface area contributed by atoms with Gasteiger partial charge in [-0.3, -0.25) is 0 Å². The second kappa shape index (κ2) is 5.04. The van der Waals surface area contributed by atoms with Gasteiger partial charge in [0.05, 0.1) is 5.75 Å². The molecule has 0 saturated heterocycles. The summed E-state index contributed by atoms with van der Waals surface area (Å²) < 4.78 is 0. The molecular weight excluding hydrogens is 218 g/mol. The molecule has 1 aromatic heterocycles. The first-order valence-corrected chi connectivity index (χ1v) is 6.91. The Morgan fingerprint density at radius 1 is 1.44 bits per heavy atom. The van der Waals surface area contributed by atoms with Crippen molar-refractivity contribution in [1.82, 2.24) is 9.97 Å². The minimum atomic E-state index is 0.631. The molecule has 0 unspecified atom stereocenters. The summed E-state index contributed by atoms with van der Waals surface area (Å²) in [6, 6.07) is 2.08. The molecule has 0 bridgehead atoms. The predicted octanol–water partition coefficient (Wildman–Crippen LogP) is 3.04. The molecule has 1 aromatic rings. The van der Waals surface area contributed by atoms with Crippen LogP contribution in [0.1, 0.15) is 44.1 Å². The van der Waals surface area contributed by atoms with E-state index in [1.807, 2.05) is 18.8 Å². The summed E-state index contributed by atoms with van der Waals surface area (Å²) in [7, 11) is 1.92. The zero-order chi connectivity index (χ0) is 11.5. The lowest BCUT2D eigenvalue weighted by Crippen LogP contribution is -2.03. The molecular formula is C12H19N3S. The normalized spacial score (nSPS) is 15.5. The lowest BCUT2D eigenvalue weighted by molar-refractivity contribution is 0.931. The Hall–Kier alpha value is -0.770. The summed E-state index contributed by atoms with van der Waals surface area (Å²) in [5.41, 5.74) is 1.22. The van der Waals surface area contributed by atoms with Crippen LogP contribution in [0.4, 0.5) is 5.82 Å². The first-order valence-electron chi connectivity index (χ1n) is 5.86. The molecule has 0 atom stereocenters. The Balaban J connectivity index is 2.12. The molecule has 0 amide bonds. The van der Waals surface area contributed by atoms with E-state index in [0.29, 0.717) is 11.2 Å².